The summed E-state index contributed by atoms with van der Waals surface area (Å²) in [5.41, 5.74) is 3.05. The predicted octanol–water partition coefficient (Wildman–Crippen LogP) is 4.32. The van der Waals surface area contributed by atoms with E-state index in [9.17, 15) is 13.2 Å². The van der Waals surface area contributed by atoms with Crippen molar-refractivity contribution in [1.29, 1.82) is 0 Å². The number of rotatable bonds is 6. The lowest BCUT2D eigenvalue weighted by Gasteiger charge is -2.27. The van der Waals surface area contributed by atoms with Gasteiger partial charge in [0.25, 0.3) is 15.9 Å². The van der Waals surface area contributed by atoms with E-state index in [0.29, 0.717) is 24.3 Å². The Morgan fingerprint density at radius 2 is 1.94 bits per heavy atom. The lowest BCUT2D eigenvalue weighted by Crippen LogP contribution is -2.35. The van der Waals surface area contributed by atoms with Gasteiger partial charge in [0.2, 0.25) is 0 Å². The zero-order chi connectivity index (χ0) is 22.0. The standard InChI is InChI=1S/C23H24N2O4S2/c1-3-16-4-7-19(8-5-16)24-31(27,28)22-14-17(6-9-20(22)29-2)23(26)25-12-10-21-18(15-25)11-13-30-21/h4-9,11,13-14,24H,3,10,12,15H2,1-2H3. The van der Waals surface area contributed by atoms with Gasteiger partial charge in [-0.15, -0.1) is 11.3 Å². The Morgan fingerprint density at radius 3 is 2.65 bits per heavy atom. The maximum Gasteiger partial charge on any atom is 0.265 e. The number of carbonyl (C=O) groups excluding carboxylic acids is 1. The van der Waals surface area contributed by atoms with Crippen molar-refractivity contribution in [2.75, 3.05) is 18.4 Å². The molecular weight excluding hydrogens is 432 g/mol. The van der Waals surface area contributed by atoms with Gasteiger partial charge in [-0.1, -0.05) is 19.1 Å². The van der Waals surface area contributed by atoms with Gasteiger partial charge >= 0.3 is 0 Å². The molecule has 4 rings (SSSR count). The van der Waals surface area contributed by atoms with E-state index < -0.39 is 10.0 Å². The van der Waals surface area contributed by atoms with E-state index in [-0.39, 0.29) is 16.6 Å². The van der Waals surface area contributed by atoms with Crippen LogP contribution in [0.4, 0.5) is 5.69 Å². The van der Waals surface area contributed by atoms with Crippen LogP contribution in [0.1, 0.15) is 33.3 Å². The molecule has 162 valence electrons. The highest BCUT2D eigenvalue weighted by Crippen LogP contribution is 2.29. The molecule has 0 saturated heterocycles. The molecule has 2 heterocycles. The first-order valence-corrected chi connectivity index (χ1v) is 12.4. The summed E-state index contributed by atoms with van der Waals surface area (Å²) in [4.78, 5) is 16.1. The molecule has 0 aliphatic carbocycles. The van der Waals surface area contributed by atoms with Crippen molar-refractivity contribution in [2.45, 2.75) is 31.2 Å². The minimum absolute atomic E-state index is 0.0614. The van der Waals surface area contributed by atoms with E-state index in [2.05, 4.69) is 4.72 Å². The second kappa shape index (κ2) is 8.72. The average Bonchev–Trinajstić information content (AvgIpc) is 3.26. The number of thiophene rings is 1. The molecule has 0 fully saturated rings. The summed E-state index contributed by atoms with van der Waals surface area (Å²) >= 11 is 1.71. The Hall–Kier alpha value is -2.84. The molecule has 8 heteroatoms. The predicted molar refractivity (Wildman–Crippen MR) is 122 cm³/mol. The van der Waals surface area contributed by atoms with Crippen molar-refractivity contribution in [1.82, 2.24) is 4.90 Å². The van der Waals surface area contributed by atoms with Crippen molar-refractivity contribution < 1.29 is 17.9 Å². The zero-order valence-corrected chi connectivity index (χ0v) is 19.1. The molecule has 2 aromatic carbocycles. The number of methoxy groups -OCH3 is 1. The van der Waals surface area contributed by atoms with E-state index in [4.69, 9.17) is 4.74 Å². The second-order valence-electron chi connectivity index (χ2n) is 7.37. The topological polar surface area (TPSA) is 75.7 Å². The van der Waals surface area contributed by atoms with Crippen LogP contribution in [-0.4, -0.2) is 32.9 Å². The van der Waals surface area contributed by atoms with E-state index in [1.54, 1.807) is 34.4 Å². The maximum absolute atomic E-state index is 13.1. The highest BCUT2D eigenvalue weighted by Gasteiger charge is 2.26. The van der Waals surface area contributed by atoms with E-state index in [1.165, 1.54) is 24.1 Å². The Bertz CT molecular complexity index is 1200. The molecule has 1 amide bonds. The molecule has 0 bridgehead atoms. The fraction of sp³-hybridized carbons (Fsp3) is 0.261. The van der Waals surface area contributed by atoms with Crippen LogP contribution in [-0.2, 0) is 29.4 Å². The van der Waals surface area contributed by atoms with Crippen LogP contribution < -0.4 is 9.46 Å². The highest BCUT2D eigenvalue weighted by molar-refractivity contribution is 7.92. The van der Waals surface area contributed by atoms with Gasteiger partial charge in [0.15, 0.2) is 0 Å². The van der Waals surface area contributed by atoms with Crippen LogP contribution >= 0.6 is 11.3 Å². The number of fused-ring (bicyclic) bond motifs is 1. The first-order chi connectivity index (χ1) is 14.9. The van der Waals surface area contributed by atoms with Crippen molar-refractivity contribution in [3.63, 3.8) is 0 Å². The summed E-state index contributed by atoms with van der Waals surface area (Å²) in [6, 6.07) is 13.8. The Morgan fingerprint density at radius 1 is 1.16 bits per heavy atom. The van der Waals surface area contributed by atoms with Crippen LogP contribution in [0.3, 0.4) is 0 Å². The minimum atomic E-state index is -3.95. The SMILES string of the molecule is CCc1ccc(NS(=O)(=O)c2cc(C(=O)N3CCc4sccc4C3)ccc2OC)cc1. The monoisotopic (exact) mass is 456 g/mol. The average molecular weight is 457 g/mol. The zero-order valence-electron chi connectivity index (χ0n) is 17.4. The summed E-state index contributed by atoms with van der Waals surface area (Å²) in [7, 11) is -2.53. The molecule has 1 aliphatic heterocycles. The van der Waals surface area contributed by atoms with Crippen molar-refractivity contribution in [2.24, 2.45) is 0 Å². The fourth-order valence-corrected chi connectivity index (χ4v) is 5.79. The molecule has 31 heavy (non-hydrogen) atoms. The van der Waals surface area contributed by atoms with Crippen LogP contribution in [0.2, 0.25) is 0 Å². The van der Waals surface area contributed by atoms with Gasteiger partial charge in [0.05, 0.1) is 7.11 Å². The normalized spacial score (nSPS) is 13.5. The summed E-state index contributed by atoms with van der Waals surface area (Å²) in [5.74, 6) is -0.00348. The minimum Gasteiger partial charge on any atom is -0.495 e. The fourth-order valence-electron chi connectivity index (χ4n) is 3.64. The van der Waals surface area contributed by atoms with Gasteiger partial charge in [0, 0.05) is 29.2 Å². The third kappa shape index (κ3) is 4.45. The van der Waals surface area contributed by atoms with Crippen molar-refractivity contribution in [3.05, 3.63) is 75.5 Å². The lowest BCUT2D eigenvalue weighted by molar-refractivity contribution is 0.0735. The molecule has 1 aromatic heterocycles. The third-order valence-corrected chi connectivity index (χ3v) is 7.83. The maximum atomic E-state index is 13.1. The number of hydrogen-bond donors (Lipinski definition) is 1. The van der Waals surface area contributed by atoms with Crippen molar-refractivity contribution >= 4 is 33.0 Å². The number of ether oxygens (including phenoxy) is 1. The number of nitrogens with one attached hydrogen (secondary N) is 1. The van der Waals surface area contributed by atoms with Crippen molar-refractivity contribution in [3.8, 4) is 5.75 Å². The molecule has 1 aliphatic rings. The lowest BCUT2D eigenvalue weighted by atomic mass is 10.1. The summed E-state index contributed by atoms with van der Waals surface area (Å²) in [5, 5.41) is 2.04. The largest absolute Gasteiger partial charge is 0.495 e. The first kappa shape index (κ1) is 21.4. The van der Waals surface area contributed by atoms with Gasteiger partial charge in [-0.2, -0.15) is 0 Å². The Kier molecular flexibility index (Phi) is 6.02. The van der Waals surface area contributed by atoms with E-state index in [0.717, 1.165) is 24.0 Å². The molecule has 0 unspecified atom stereocenters. The van der Waals surface area contributed by atoms with Crippen LogP contribution in [0.5, 0.6) is 5.75 Å². The van der Waals surface area contributed by atoms with Gasteiger partial charge in [-0.05, 0) is 65.7 Å². The Balaban J connectivity index is 1.61. The van der Waals surface area contributed by atoms with Crippen LogP contribution in [0.15, 0.2) is 58.8 Å². The number of sulfonamides is 1. The number of amides is 1. The van der Waals surface area contributed by atoms with Gasteiger partial charge in [-0.3, -0.25) is 9.52 Å². The van der Waals surface area contributed by atoms with E-state index in [1.807, 2.05) is 30.5 Å². The number of nitrogens with zero attached hydrogens (tertiary/aromatic N) is 1. The number of hydrogen-bond acceptors (Lipinski definition) is 5. The second-order valence-corrected chi connectivity index (χ2v) is 10.0. The quantitative estimate of drug-likeness (QED) is 0.599. The van der Waals surface area contributed by atoms with Gasteiger partial charge in [0.1, 0.15) is 10.6 Å². The van der Waals surface area contributed by atoms with Gasteiger partial charge < -0.3 is 9.64 Å². The molecule has 1 N–H and O–H groups in total. The molecule has 0 radical (unpaired) electrons. The number of aryl methyl sites for hydroxylation is 1. The summed E-state index contributed by atoms with van der Waals surface area (Å²) < 4.78 is 34.1. The highest BCUT2D eigenvalue weighted by atomic mass is 32.2. The third-order valence-electron chi connectivity index (χ3n) is 5.41. The molecule has 6 nitrogen and oxygen atoms in total. The molecule has 3 aromatic rings. The smallest absolute Gasteiger partial charge is 0.265 e. The van der Waals surface area contributed by atoms with Crippen LogP contribution in [0, 0.1) is 0 Å². The number of anilines is 1. The number of benzene rings is 2. The summed E-state index contributed by atoms with van der Waals surface area (Å²) in [6.45, 7) is 3.18. The number of carbonyl (C=O) groups is 1. The summed E-state index contributed by atoms with van der Waals surface area (Å²) in [6.07, 6.45) is 1.68. The molecule has 0 atom stereocenters. The van der Waals surface area contributed by atoms with E-state index >= 15 is 0 Å². The molecular formula is C23H24N2O4S2. The molecule has 0 spiro atoms. The Labute approximate surface area is 186 Å². The molecule has 0 saturated carbocycles. The first-order valence-electron chi connectivity index (χ1n) is 10.1. The van der Waals surface area contributed by atoms with Crippen LogP contribution in [0.25, 0.3) is 0 Å². The van der Waals surface area contributed by atoms with Gasteiger partial charge in [-0.25, -0.2) is 8.42 Å².